The molecule has 1 heterocycles. The Balaban J connectivity index is 2.33. The molecular weight excluding hydrogens is 234 g/mol. The van der Waals surface area contributed by atoms with Crippen molar-refractivity contribution in [2.24, 2.45) is 0 Å². The van der Waals surface area contributed by atoms with E-state index in [-0.39, 0.29) is 0 Å². The number of nitrogens with zero attached hydrogens (tertiary/aromatic N) is 1. The van der Waals surface area contributed by atoms with Gasteiger partial charge in [0.25, 0.3) is 0 Å². The second-order valence-electron chi connectivity index (χ2n) is 3.57. The molecule has 2 rings (SSSR count). The van der Waals surface area contributed by atoms with Crippen LogP contribution >= 0.6 is 11.8 Å². The summed E-state index contributed by atoms with van der Waals surface area (Å²) in [5, 5.41) is 9.87. The molecule has 0 spiro atoms. The van der Waals surface area contributed by atoms with Gasteiger partial charge in [0, 0.05) is 11.1 Å². The highest BCUT2D eigenvalue weighted by Gasteiger charge is 2.10. The fourth-order valence-electron chi connectivity index (χ4n) is 1.41. The maximum atomic E-state index is 11.0. The van der Waals surface area contributed by atoms with Crippen LogP contribution in [0.5, 0.6) is 0 Å². The summed E-state index contributed by atoms with van der Waals surface area (Å²) in [6.07, 6.45) is 1.72. The van der Waals surface area contributed by atoms with Gasteiger partial charge in [-0.05, 0) is 36.8 Å². The Bertz CT molecular complexity index is 555. The number of aromatic carboxylic acids is 1. The molecule has 0 aliphatic carbocycles. The van der Waals surface area contributed by atoms with Crippen molar-refractivity contribution in [2.75, 3.05) is 0 Å². The Kier molecular flexibility index (Phi) is 3.44. The van der Waals surface area contributed by atoms with E-state index in [0.29, 0.717) is 10.5 Å². The number of hydrogen-bond acceptors (Lipinski definition) is 3. The van der Waals surface area contributed by atoms with Crippen molar-refractivity contribution in [2.45, 2.75) is 16.8 Å². The molecule has 0 aliphatic heterocycles. The summed E-state index contributed by atoms with van der Waals surface area (Å²) in [6.45, 7) is 1.98. The average molecular weight is 245 g/mol. The van der Waals surface area contributed by atoms with Gasteiger partial charge in [0.15, 0.2) is 0 Å². The number of pyridine rings is 1. The molecule has 0 saturated heterocycles. The standard InChI is InChI=1S/C13H11NO2S/c1-9-6-7-14-12(8-9)17-11-5-3-2-4-10(11)13(15)16/h2-8H,1H3,(H,15,16). The van der Waals surface area contributed by atoms with E-state index < -0.39 is 5.97 Å². The molecule has 0 amide bonds. The van der Waals surface area contributed by atoms with E-state index in [1.54, 1.807) is 24.4 Å². The molecule has 0 radical (unpaired) electrons. The molecular formula is C13H11NO2S. The SMILES string of the molecule is Cc1ccnc(Sc2ccccc2C(=O)O)c1. The molecule has 0 saturated carbocycles. The molecule has 17 heavy (non-hydrogen) atoms. The molecule has 1 aromatic carbocycles. The van der Waals surface area contributed by atoms with Gasteiger partial charge >= 0.3 is 5.97 Å². The number of hydrogen-bond donors (Lipinski definition) is 1. The number of benzene rings is 1. The van der Waals surface area contributed by atoms with E-state index in [4.69, 9.17) is 5.11 Å². The number of carboxylic acids is 1. The lowest BCUT2D eigenvalue weighted by atomic mass is 10.2. The summed E-state index contributed by atoms with van der Waals surface area (Å²) in [5.41, 5.74) is 1.41. The van der Waals surface area contributed by atoms with Crippen LogP contribution in [0.3, 0.4) is 0 Å². The number of carboxylic acid groups (broad SMARTS) is 1. The fourth-order valence-corrected chi connectivity index (χ4v) is 2.40. The minimum absolute atomic E-state index is 0.306. The van der Waals surface area contributed by atoms with Crippen LogP contribution < -0.4 is 0 Å². The zero-order chi connectivity index (χ0) is 12.3. The largest absolute Gasteiger partial charge is 0.478 e. The van der Waals surface area contributed by atoms with Crippen LogP contribution in [0.4, 0.5) is 0 Å². The van der Waals surface area contributed by atoms with Crippen molar-refractivity contribution in [3.63, 3.8) is 0 Å². The van der Waals surface area contributed by atoms with Gasteiger partial charge in [0.05, 0.1) is 5.56 Å². The number of rotatable bonds is 3. The number of aryl methyl sites for hydroxylation is 1. The van der Waals surface area contributed by atoms with E-state index in [1.807, 2.05) is 25.1 Å². The van der Waals surface area contributed by atoms with Crippen LogP contribution in [0, 0.1) is 6.92 Å². The van der Waals surface area contributed by atoms with Crippen molar-refractivity contribution in [1.82, 2.24) is 4.98 Å². The summed E-state index contributed by atoms with van der Waals surface area (Å²) < 4.78 is 0. The molecule has 1 N–H and O–H groups in total. The van der Waals surface area contributed by atoms with E-state index >= 15 is 0 Å². The first-order valence-electron chi connectivity index (χ1n) is 5.09. The van der Waals surface area contributed by atoms with Gasteiger partial charge in [-0.15, -0.1) is 0 Å². The smallest absolute Gasteiger partial charge is 0.336 e. The monoisotopic (exact) mass is 245 g/mol. The van der Waals surface area contributed by atoms with E-state index in [0.717, 1.165) is 10.6 Å². The second-order valence-corrected chi connectivity index (χ2v) is 4.64. The normalized spacial score (nSPS) is 10.2. The maximum absolute atomic E-state index is 11.0. The number of aromatic nitrogens is 1. The Morgan fingerprint density at radius 1 is 1.29 bits per heavy atom. The topological polar surface area (TPSA) is 50.2 Å². The molecule has 0 bridgehead atoms. The van der Waals surface area contributed by atoms with Gasteiger partial charge in [-0.3, -0.25) is 0 Å². The molecule has 2 aromatic rings. The predicted molar refractivity (Wildman–Crippen MR) is 66.5 cm³/mol. The van der Waals surface area contributed by atoms with Crippen LogP contribution in [0.25, 0.3) is 0 Å². The fraction of sp³-hybridized carbons (Fsp3) is 0.0769. The summed E-state index contributed by atoms with van der Waals surface area (Å²) in [4.78, 5) is 16.0. The highest BCUT2D eigenvalue weighted by Crippen LogP contribution is 2.29. The molecule has 3 nitrogen and oxygen atoms in total. The van der Waals surface area contributed by atoms with Gasteiger partial charge in [-0.1, -0.05) is 23.9 Å². The van der Waals surface area contributed by atoms with Crippen LogP contribution in [0.1, 0.15) is 15.9 Å². The van der Waals surface area contributed by atoms with Crippen molar-refractivity contribution in [1.29, 1.82) is 0 Å². The molecule has 4 heteroatoms. The van der Waals surface area contributed by atoms with Crippen LogP contribution in [-0.2, 0) is 0 Å². The molecule has 86 valence electrons. The van der Waals surface area contributed by atoms with Crippen molar-refractivity contribution >= 4 is 17.7 Å². The third kappa shape index (κ3) is 2.85. The third-order valence-electron chi connectivity index (χ3n) is 2.22. The van der Waals surface area contributed by atoms with Crippen molar-refractivity contribution < 1.29 is 9.90 Å². The Labute approximate surface area is 104 Å². The molecule has 0 atom stereocenters. The van der Waals surface area contributed by atoms with Gasteiger partial charge in [0.2, 0.25) is 0 Å². The Morgan fingerprint density at radius 3 is 2.76 bits per heavy atom. The molecule has 0 fully saturated rings. The van der Waals surface area contributed by atoms with Crippen molar-refractivity contribution in [3.8, 4) is 0 Å². The molecule has 1 aromatic heterocycles. The summed E-state index contributed by atoms with van der Waals surface area (Å²) in [6, 6.07) is 10.8. The van der Waals surface area contributed by atoms with Crippen LogP contribution in [0.2, 0.25) is 0 Å². The van der Waals surface area contributed by atoms with Crippen LogP contribution in [-0.4, -0.2) is 16.1 Å². The minimum Gasteiger partial charge on any atom is -0.478 e. The highest BCUT2D eigenvalue weighted by atomic mass is 32.2. The predicted octanol–water partition coefficient (Wildman–Crippen LogP) is 3.24. The quantitative estimate of drug-likeness (QED) is 0.901. The number of carbonyl (C=O) groups is 1. The van der Waals surface area contributed by atoms with Gasteiger partial charge in [-0.25, -0.2) is 9.78 Å². The van der Waals surface area contributed by atoms with Crippen LogP contribution in [0.15, 0.2) is 52.5 Å². The van der Waals surface area contributed by atoms with Gasteiger partial charge < -0.3 is 5.11 Å². The summed E-state index contributed by atoms with van der Waals surface area (Å²) in [5.74, 6) is -0.916. The first-order chi connectivity index (χ1) is 8.16. The zero-order valence-corrected chi connectivity index (χ0v) is 10.1. The third-order valence-corrected chi connectivity index (χ3v) is 3.23. The summed E-state index contributed by atoms with van der Waals surface area (Å²) in [7, 11) is 0. The molecule has 0 aliphatic rings. The molecule has 0 unspecified atom stereocenters. The van der Waals surface area contributed by atoms with Gasteiger partial charge in [-0.2, -0.15) is 0 Å². The Hall–Kier alpha value is -1.81. The van der Waals surface area contributed by atoms with E-state index in [1.165, 1.54) is 11.8 Å². The lowest BCUT2D eigenvalue weighted by Crippen LogP contribution is -1.98. The first kappa shape index (κ1) is 11.7. The Morgan fingerprint density at radius 2 is 2.06 bits per heavy atom. The average Bonchev–Trinajstić information content (AvgIpc) is 2.29. The summed E-state index contributed by atoms with van der Waals surface area (Å²) >= 11 is 1.36. The second kappa shape index (κ2) is 5.01. The zero-order valence-electron chi connectivity index (χ0n) is 9.25. The van der Waals surface area contributed by atoms with Gasteiger partial charge in [0.1, 0.15) is 5.03 Å². The van der Waals surface area contributed by atoms with E-state index in [2.05, 4.69) is 4.98 Å². The maximum Gasteiger partial charge on any atom is 0.336 e. The first-order valence-corrected chi connectivity index (χ1v) is 5.91. The lowest BCUT2D eigenvalue weighted by Gasteiger charge is -2.05. The minimum atomic E-state index is -0.916. The van der Waals surface area contributed by atoms with E-state index in [9.17, 15) is 4.79 Å². The lowest BCUT2D eigenvalue weighted by molar-refractivity contribution is 0.0693. The van der Waals surface area contributed by atoms with Crippen molar-refractivity contribution in [3.05, 3.63) is 53.7 Å². The highest BCUT2D eigenvalue weighted by molar-refractivity contribution is 7.99.